The van der Waals surface area contributed by atoms with Crippen LogP contribution in [-0.2, 0) is 9.53 Å². The van der Waals surface area contributed by atoms with Crippen molar-refractivity contribution in [2.75, 3.05) is 33.4 Å². The summed E-state index contributed by atoms with van der Waals surface area (Å²) in [5.41, 5.74) is 0. The van der Waals surface area contributed by atoms with Gasteiger partial charge in [-0.25, -0.2) is 0 Å². The monoisotopic (exact) mass is 191 g/mol. The molecule has 3 nitrogen and oxygen atoms in total. The summed E-state index contributed by atoms with van der Waals surface area (Å²) in [6.07, 6.45) is 0.913. The molecule has 0 aliphatic carbocycles. The van der Waals surface area contributed by atoms with Gasteiger partial charge in [-0.3, -0.25) is 9.18 Å². The van der Waals surface area contributed by atoms with Gasteiger partial charge < -0.3 is 9.64 Å². The van der Waals surface area contributed by atoms with Crippen LogP contribution >= 0.6 is 0 Å². The summed E-state index contributed by atoms with van der Waals surface area (Å²) in [5.74, 6) is -0.186. The van der Waals surface area contributed by atoms with E-state index in [0.29, 0.717) is 32.5 Å². The van der Waals surface area contributed by atoms with Crippen molar-refractivity contribution < 1.29 is 13.9 Å². The van der Waals surface area contributed by atoms with Crippen LogP contribution in [-0.4, -0.2) is 44.3 Å². The first-order valence-corrected chi connectivity index (χ1v) is 4.60. The molecular weight excluding hydrogens is 173 g/mol. The average molecular weight is 191 g/mol. The van der Waals surface area contributed by atoms with E-state index in [2.05, 4.69) is 0 Å². The molecule has 0 amide bonds. The highest BCUT2D eigenvalue weighted by molar-refractivity contribution is 5.69. The fourth-order valence-corrected chi connectivity index (χ4v) is 0.957. The van der Waals surface area contributed by atoms with Crippen molar-refractivity contribution >= 4 is 5.97 Å². The fraction of sp³-hybridized carbons (Fsp3) is 0.889. The number of alkyl halides is 1. The van der Waals surface area contributed by atoms with Crippen molar-refractivity contribution in [3.05, 3.63) is 0 Å². The van der Waals surface area contributed by atoms with E-state index < -0.39 is 0 Å². The lowest BCUT2D eigenvalue weighted by Gasteiger charge is -2.14. The number of rotatable bonds is 7. The molecule has 0 aliphatic heterocycles. The maximum Gasteiger partial charge on any atom is 0.307 e. The molecule has 0 N–H and O–H groups in total. The SMILES string of the molecule is CCOC(=O)CCN(C)CCCF. The highest BCUT2D eigenvalue weighted by Gasteiger charge is 2.04. The summed E-state index contributed by atoms with van der Waals surface area (Å²) in [4.78, 5) is 12.8. The van der Waals surface area contributed by atoms with Crippen LogP contribution in [0, 0.1) is 0 Å². The number of nitrogens with zero attached hydrogens (tertiary/aromatic N) is 1. The van der Waals surface area contributed by atoms with Gasteiger partial charge in [0.15, 0.2) is 0 Å². The van der Waals surface area contributed by atoms with Crippen molar-refractivity contribution in [2.24, 2.45) is 0 Å². The number of ether oxygens (including phenoxy) is 1. The van der Waals surface area contributed by atoms with Crippen LogP contribution < -0.4 is 0 Å². The van der Waals surface area contributed by atoms with Crippen molar-refractivity contribution in [2.45, 2.75) is 19.8 Å². The number of esters is 1. The molecule has 0 spiro atoms. The van der Waals surface area contributed by atoms with Gasteiger partial charge in [0.2, 0.25) is 0 Å². The first kappa shape index (κ1) is 12.4. The summed E-state index contributed by atoms with van der Waals surface area (Å²) in [6.45, 7) is 3.23. The van der Waals surface area contributed by atoms with Crippen LogP contribution in [0.15, 0.2) is 0 Å². The Labute approximate surface area is 78.9 Å². The Balaban J connectivity index is 3.34. The standard InChI is InChI=1S/C9H18FNO2/c1-3-13-9(12)5-8-11(2)7-4-6-10/h3-8H2,1-2H3. The third-order valence-electron chi connectivity index (χ3n) is 1.68. The van der Waals surface area contributed by atoms with Crippen molar-refractivity contribution in [1.29, 1.82) is 0 Å². The molecule has 0 saturated heterocycles. The Hall–Kier alpha value is -0.640. The van der Waals surface area contributed by atoms with E-state index in [1.165, 1.54) is 0 Å². The van der Waals surface area contributed by atoms with Gasteiger partial charge >= 0.3 is 5.97 Å². The van der Waals surface area contributed by atoms with Gasteiger partial charge in [0.05, 0.1) is 19.7 Å². The quantitative estimate of drug-likeness (QED) is 0.567. The molecule has 4 heteroatoms. The zero-order chi connectivity index (χ0) is 10.1. The van der Waals surface area contributed by atoms with Gasteiger partial charge in [0.1, 0.15) is 0 Å². The number of hydrogen-bond donors (Lipinski definition) is 0. The highest BCUT2D eigenvalue weighted by Crippen LogP contribution is 1.93. The van der Waals surface area contributed by atoms with Crippen LogP contribution in [0.1, 0.15) is 19.8 Å². The van der Waals surface area contributed by atoms with E-state index in [4.69, 9.17) is 4.74 Å². The molecule has 0 rings (SSSR count). The van der Waals surface area contributed by atoms with Crippen molar-refractivity contribution in [1.82, 2.24) is 4.90 Å². The maximum atomic E-state index is 11.8. The van der Waals surface area contributed by atoms with Crippen LogP contribution in [0.25, 0.3) is 0 Å². The summed E-state index contributed by atoms with van der Waals surface area (Å²) in [5, 5.41) is 0. The molecule has 0 heterocycles. The van der Waals surface area contributed by atoms with E-state index in [1.807, 2.05) is 11.9 Å². The van der Waals surface area contributed by atoms with Gasteiger partial charge in [-0.05, 0) is 20.4 Å². The average Bonchev–Trinajstić information content (AvgIpc) is 2.12. The predicted octanol–water partition coefficient (Wildman–Crippen LogP) is 1.23. The van der Waals surface area contributed by atoms with Crippen LogP contribution in [0.4, 0.5) is 4.39 Å². The lowest BCUT2D eigenvalue weighted by atomic mass is 10.3. The van der Waals surface area contributed by atoms with Gasteiger partial charge in [-0.15, -0.1) is 0 Å². The molecule has 13 heavy (non-hydrogen) atoms. The zero-order valence-corrected chi connectivity index (χ0v) is 8.38. The molecule has 0 aromatic carbocycles. The summed E-state index contributed by atoms with van der Waals surface area (Å²) < 4.78 is 16.5. The van der Waals surface area contributed by atoms with E-state index >= 15 is 0 Å². The van der Waals surface area contributed by atoms with Crippen LogP contribution in [0.5, 0.6) is 0 Å². The molecule has 0 unspecified atom stereocenters. The van der Waals surface area contributed by atoms with Crippen molar-refractivity contribution in [3.8, 4) is 0 Å². The second-order valence-corrected chi connectivity index (χ2v) is 2.90. The molecule has 0 aliphatic rings. The van der Waals surface area contributed by atoms with Crippen LogP contribution in [0.2, 0.25) is 0 Å². The van der Waals surface area contributed by atoms with E-state index in [9.17, 15) is 9.18 Å². The second kappa shape index (κ2) is 7.98. The topological polar surface area (TPSA) is 29.5 Å². The number of hydrogen-bond acceptors (Lipinski definition) is 3. The molecule has 0 saturated carbocycles. The minimum Gasteiger partial charge on any atom is -0.466 e. The minimum atomic E-state index is -0.302. The number of carbonyl (C=O) groups excluding carboxylic acids is 1. The van der Waals surface area contributed by atoms with Gasteiger partial charge in [-0.1, -0.05) is 0 Å². The molecule has 0 atom stereocenters. The largest absolute Gasteiger partial charge is 0.466 e. The number of halogens is 1. The molecule has 78 valence electrons. The highest BCUT2D eigenvalue weighted by atomic mass is 19.1. The second-order valence-electron chi connectivity index (χ2n) is 2.90. The minimum absolute atomic E-state index is 0.186. The predicted molar refractivity (Wildman–Crippen MR) is 49.3 cm³/mol. The number of carbonyl (C=O) groups is 1. The molecule has 0 bridgehead atoms. The Morgan fingerprint density at radius 3 is 2.69 bits per heavy atom. The van der Waals surface area contributed by atoms with E-state index in [0.717, 1.165) is 0 Å². The Morgan fingerprint density at radius 2 is 2.15 bits per heavy atom. The Morgan fingerprint density at radius 1 is 1.46 bits per heavy atom. The van der Waals surface area contributed by atoms with Gasteiger partial charge in [0, 0.05) is 13.1 Å². The Bertz CT molecular complexity index is 142. The third-order valence-corrected chi connectivity index (χ3v) is 1.68. The van der Waals surface area contributed by atoms with E-state index in [-0.39, 0.29) is 12.6 Å². The zero-order valence-electron chi connectivity index (χ0n) is 8.38. The smallest absolute Gasteiger partial charge is 0.307 e. The molecule has 0 aromatic heterocycles. The fourth-order valence-electron chi connectivity index (χ4n) is 0.957. The maximum absolute atomic E-state index is 11.8. The van der Waals surface area contributed by atoms with Crippen molar-refractivity contribution in [3.63, 3.8) is 0 Å². The van der Waals surface area contributed by atoms with Crippen LogP contribution in [0.3, 0.4) is 0 Å². The first-order chi connectivity index (χ1) is 6.20. The third kappa shape index (κ3) is 7.71. The van der Waals surface area contributed by atoms with Gasteiger partial charge in [0.25, 0.3) is 0 Å². The first-order valence-electron chi connectivity index (χ1n) is 4.60. The summed E-state index contributed by atoms with van der Waals surface area (Å²) in [7, 11) is 1.87. The molecule has 0 aromatic rings. The molecular formula is C9H18FNO2. The Kier molecular flexibility index (Phi) is 7.59. The molecule has 0 radical (unpaired) electrons. The van der Waals surface area contributed by atoms with Gasteiger partial charge in [-0.2, -0.15) is 0 Å². The normalized spacial score (nSPS) is 10.5. The summed E-state index contributed by atoms with van der Waals surface area (Å²) >= 11 is 0. The lowest BCUT2D eigenvalue weighted by Crippen LogP contribution is -2.24. The summed E-state index contributed by atoms with van der Waals surface area (Å²) in [6, 6.07) is 0. The van der Waals surface area contributed by atoms with E-state index in [1.54, 1.807) is 6.92 Å². The lowest BCUT2D eigenvalue weighted by molar-refractivity contribution is -0.143. The molecule has 0 fully saturated rings.